The quantitative estimate of drug-likeness (QED) is 0.796. The summed E-state index contributed by atoms with van der Waals surface area (Å²) in [4.78, 5) is 18.8. The Hall–Kier alpha value is -1.88. The average Bonchev–Trinajstić information content (AvgIpc) is 3.28. The number of likely N-dealkylation sites (tertiary alicyclic amines) is 1. The molecule has 2 heterocycles. The third kappa shape index (κ3) is 3.31. The summed E-state index contributed by atoms with van der Waals surface area (Å²) in [5.74, 6) is 2.19. The Morgan fingerprint density at radius 1 is 1.25 bits per heavy atom. The average molecular weight is 346 g/mol. The van der Waals surface area contributed by atoms with Gasteiger partial charge in [0.15, 0.2) is 5.82 Å². The number of amides is 1. The van der Waals surface area contributed by atoms with E-state index in [4.69, 9.17) is 16.1 Å². The van der Waals surface area contributed by atoms with Gasteiger partial charge in [0.1, 0.15) is 0 Å². The predicted molar refractivity (Wildman–Crippen MR) is 89.7 cm³/mol. The Balaban J connectivity index is 1.27. The first kappa shape index (κ1) is 15.6. The molecule has 0 spiro atoms. The molecule has 5 nitrogen and oxygen atoms in total. The monoisotopic (exact) mass is 345 g/mol. The zero-order valence-corrected chi connectivity index (χ0v) is 14.2. The second-order valence-electron chi connectivity index (χ2n) is 6.62. The molecule has 1 unspecified atom stereocenters. The summed E-state index contributed by atoms with van der Waals surface area (Å²) in [6, 6.07) is 7.96. The first-order valence-corrected chi connectivity index (χ1v) is 8.96. The SMILES string of the molecule is O=C(CCCc1nc(C2CC2)no1)N1CCC1c1ccc(Cl)cc1. The number of benzene rings is 1. The van der Waals surface area contributed by atoms with E-state index in [1.54, 1.807) is 0 Å². The van der Waals surface area contributed by atoms with Crippen molar-refractivity contribution in [1.82, 2.24) is 15.0 Å². The standard InChI is InChI=1S/C18H20ClN3O2/c19-14-8-6-12(7-9-14)15-10-11-22(15)17(23)3-1-2-16-20-18(21-24-16)13-4-5-13/h6-9,13,15H,1-5,10-11H2. The molecule has 1 aliphatic heterocycles. The van der Waals surface area contributed by atoms with Crippen LogP contribution < -0.4 is 0 Å². The van der Waals surface area contributed by atoms with Crippen LogP contribution in [-0.4, -0.2) is 27.5 Å². The smallest absolute Gasteiger partial charge is 0.226 e. The number of carbonyl (C=O) groups excluding carboxylic acids is 1. The van der Waals surface area contributed by atoms with Gasteiger partial charge in [-0.2, -0.15) is 4.98 Å². The van der Waals surface area contributed by atoms with Crippen molar-refractivity contribution in [3.05, 3.63) is 46.6 Å². The lowest BCUT2D eigenvalue weighted by molar-refractivity contribution is -0.139. The Morgan fingerprint density at radius 3 is 2.71 bits per heavy atom. The van der Waals surface area contributed by atoms with Crippen molar-refractivity contribution in [1.29, 1.82) is 0 Å². The number of aromatic nitrogens is 2. The molecule has 0 radical (unpaired) electrons. The molecule has 1 amide bonds. The topological polar surface area (TPSA) is 59.2 Å². The molecule has 2 aromatic rings. The fourth-order valence-corrected chi connectivity index (χ4v) is 3.25. The zero-order chi connectivity index (χ0) is 16.5. The van der Waals surface area contributed by atoms with Gasteiger partial charge in [-0.1, -0.05) is 28.9 Å². The Labute approximate surface area is 146 Å². The maximum Gasteiger partial charge on any atom is 0.226 e. The fraction of sp³-hybridized carbons (Fsp3) is 0.500. The van der Waals surface area contributed by atoms with Crippen LogP contribution in [0.3, 0.4) is 0 Å². The summed E-state index contributed by atoms with van der Waals surface area (Å²) < 4.78 is 5.25. The molecule has 4 rings (SSSR count). The highest BCUT2D eigenvalue weighted by atomic mass is 35.5. The lowest BCUT2D eigenvalue weighted by Gasteiger charge is -2.41. The molecular weight excluding hydrogens is 326 g/mol. The third-order valence-electron chi connectivity index (χ3n) is 4.80. The molecule has 1 aliphatic carbocycles. The lowest BCUT2D eigenvalue weighted by atomic mass is 9.94. The summed E-state index contributed by atoms with van der Waals surface area (Å²) >= 11 is 5.93. The largest absolute Gasteiger partial charge is 0.339 e. The first-order chi connectivity index (χ1) is 11.7. The molecule has 1 saturated heterocycles. The maximum absolute atomic E-state index is 12.4. The van der Waals surface area contributed by atoms with E-state index in [2.05, 4.69) is 10.1 Å². The van der Waals surface area contributed by atoms with Crippen molar-refractivity contribution >= 4 is 17.5 Å². The van der Waals surface area contributed by atoms with Crippen LogP contribution in [-0.2, 0) is 11.2 Å². The Morgan fingerprint density at radius 2 is 2.04 bits per heavy atom. The Kier molecular flexibility index (Phi) is 4.27. The summed E-state index contributed by atoms with van der Waals surface area (Å²) in [7, 11) is 0. The fourth-order valence-electron chi connectivity index (χ4n) is 3.13. The maximum atomic E-state index is 12.4. The highest BCUT2D eigenvalue weighted by molar-refractivity contribution is 6.30. The molecule has 6 heteroatoms. The van der Waals surface area contributed by atoms with Gasteiger partial charge in [-0.05, 0) is 43.4 Å². The van der Waals surface area contributed by atoms with Gasteiger partial charge >= 0.3 is 0 Å². The number of hydrogen-bond acceptors (Lipinski definition) is 4. The zero-order valence-electron chi connectivity index (χ0n) is 13.4. The van der Waals surface area contributed by atoms with Gasteiger partial charge in [-0.25, -0.2) is 0 Å². The van der Waals surface area contributed by atoms with Crippen molar-refractivity contribution in [2.45, 2.75) is 50.5 Å². The van der Waals surface area contributed by atoms with Crippen LogP contribution in [0.2, 0.25) is 5.02 Å². The van der Waals surface area contributed by atoms with E-state index in [9.17, 15) is 4.79 Å². The number of halogens is 1. The first-order valence-electron chi connectivity index (χ1n) is 8.58. The number of nitrogens with zero attached hydrogens (tertiary/aromatic N) is 3. The second kappa shape index (κ2) is 6.55. The summed E-state index contributed by atoms with van der Waals surface area (Å²) in [5, 5.41) is 4.73. The van der Waals surface area contributed by atoms with Crippen LogP contribution in [0.5, 0.6) is 0 Å². The third-order valence-corrected chi connectivity index (χ3v) is 5.05. The molecule has 2 fully saturated rings. The lowest BCUT2D eigenvalue weighted by Crippen LogP contribution is -2.45. The molecule has 0 bridgehead atoms. The minimum atomic E-state index is 0.194. The van der Waals surface area contributed by atoms with E-state index >= 15 is 0 Å². The van der Waals surface area contributed by atoms with Gasteiger partial charge in [-0.3, -0.25) is 4.79 Å². The minimum absolute atomic E-state index is 0.194. The van der Waals surface area contributed by atoms with Crippen molar-refractivity contribution < 1.29 is 9.32 Å². The van der Waals surface area contributed by atoms with Gasteiger partial charge in [0.2, 0.25) is 11.8 Å². The van der Waals surface area contributed by atoms with Crippen LogP contribution >= 0.6 is 11.6 Å². The van der Waals surface area contributed by atoms with Gasteiger partial charge in [-0.15, -0.1) is 0 Å². The summed E-state index contributed by atoms with van der Waals surface area (Å²) in [6.45, 7) is 0.832. The number of rotatable bonds is 6. The molecule has 2 aliphatic rings. The van der Waals surface area contributed by atoms with E-state index < -0.39 is 0 Å². The number of carbonyl (C=O) groups is 1. The summed E-state index contributed by atoms with van der Waals surface area (Å²) in [6.07, 6.45) is 5.28. The number of hydrogen-bond donors (Lipinski definition) is 0. The second-order valence-corrected chi connectivity index (χ2v) is 7.05. The number of aryl methyl sites for hydroxylation is 1. The van der Waals surface area contributed by atoms with E-state index in [1.165, 1.54) is 12.8 Å². The van der Waals surface area contributed by atoms with E-state index in [0.29, 0.717) is 24.7 Å². The highest BCUT2D eigenvalue weighted by Crippen LogP contribution is 2.38. The Bertz CT molecular complexity index is 724. The molecule has 1 aromatic heterocycles. The van der Waals surface area contributed by atoms with E-state index in [0.717, 1.165) is 35.8 Å². The van der Waals surface area contributed by atoms with Crippen LogP contribution in [0.1, 0.15) is 61.3 Å². The van der Waals surface area contributed by atoms with Crippen LogP contribution in [0.15, 0.2) is 28.8 Å². The minimum Gasteiger partial charge on any atom is -0.339 e. The van der Waals surface area contributed by atoms with Crippen molar-refractivity contribution in [3.8, 4) is 0 Å². The van der Waals surface area contributed by atoms with Gasteiger partial charge in [0, 0.05) is 30.3 Å². The molecule has 1 saturated carbocycles. The van der Waals surface area contributed by atoms with E-state index in [-0.39, 0.29) is 11.9 Å². The molecular formula is C18H20ClN3O2. The molecule has 1 atom stereocenters. The molecule has 1 aromatic carbocycles. The molecule has 24 heavy (non-hydrogen) atoms. The summed E-state index contributed by atoms with van der Waals surface area (Å²) in [5.41, 5.74) is 1.16. The van der Waals surface area contributed by atoms with Crippen LogP contribution in [0.25, 0.3) is 0 Å². The normalized spacial score (nSPS) is 20.0. The van der Waals surface area contributed by atoms with Gasteiger partial charge in [0.25, 0.3) is 0 Å². The van der Waals surface area contributed by atoms with Crippen molar-refractivity contribution in [3.63, 3.8) is 0 Å². The highest BCUT2D eigenvalue weighted by Gasteiger charge is 2.33. The van der Waals surface area contributed by atoms with Crippen molar-refractivity contribution in [2.24, 2.45) is 0 Å². The van der Waals surface area contributed by atoms with E-state index in [1.807, 2.05) is 29.2 Å². The van der Waals surface area contributed by atoms with Crippen molar-refractivity contribution in [2.75, 3.05) is 6.54 Å². The van der Waals surface area contributed by atoms with Crippen LogP contribution in [0, 0.1) is 0 Å². The molecule has 126 valence electrons. The molecule has 0 N–H and O–H groups in total. The predicted octanol–water partition coefficient (Wildman–Crippen LogP) is 3.90. The van der Waals surface area contributed by atoms with Gasteiger partial charge in [0.05, 0.1) is 6.04 Å². The van der Waals surface area contributed by atoms with Gasteiger partial charge < -0.3 is 9.42 Å². The van der Waals surface area contributed by atoms with Crippen LogP contribution in [0.4, 0.5) is 0 Å².